The topological polar surface area (TPSA) is 63.5 Å². The third-order valence-electron chi connectivity index (χ3n) is 3.86. The lowest BCUT2D eigenvalue weighted by Gasteiger charge is -2.16. The van der Waals surface area contributed by atoms with Crippen LogP contribution in [0.5, 0.6) is 5.75 Å². The lowest BCUT2D eigenvalue weighted by atomic mass is 10.1. The highest BCUT2D eigenvalue weighted by Crippen LogP contribution is 2.22. The number of aryl methyl sites for hydroxylation is 1. The number of ether oxygens (including phenoxy) is 1. The number of rotatable bonds is 9. The van der Waals surface area contributed by atoms with Crippen LogP contribution in [0, 0.1) is 12.8 Å². The van der Waals surface area contributed by atoms with E-state index in [0.717, 1.165) is 12.1 Å². The van der Waals surface area contributed by atoms with Crippen LogP contribution in [0.2, 0.25) is 0 Å². The highest BCUT2D eigenvalue weighted by molar-refractivity contribution is 14.0. The van der Waals surface area contributed by atoms with Gasteiger partial charge in [-0.3, -0.25) is 4.68 Å². The molecule has 6 nitrogen and oxygen atoms in total. The molecule has 0 amide bonds. The molecule has 0 bridgehead atoms. The van der Waals surface area contributed by atoms with Crippen LogP contribution >= 0.6 is 24.0 Å². The quantitative estimate of drug-likeness (QED) is 0.308. The molecule has 0 aliphatic heterocycles. The maximum atomic E-state index is 12.6. The minimum absolute atomic E-state index is 0. The molecular weight excluding hydrogens is 479 g/mol. The Morgan fingerprint density at radius 1 is 1.32 bits per heavy atom. The van der Waals surface area contributed by atoms with Crippen LogP contribution in [-0.2, 0) is 13.1 Å². The number of hydrogen-bond acceptors (Lipinski definition) is 3. The number of benzene rings is 1. The van der Waals surface area contributed by atoms with Gasteiger partial charge < -0.3 is 15.4 Å². The standard InChI is InChI=1S/C19H27F2N5O.HI/c1-4-22-19(23-11-15(3)13-26-9-5-8-25-26)24-12-16-10-14(2)6-7-17(16)27-18(20)21;/h5-10,15,18H,4,11-13H2,1-3H3,(H2,22,23,24);1H. The van der Waals surface area contributed by atoms with Crippen molar-refractivity contribution in [1.29, 1.82) is 0 Å². The zero-order chi connectivity index (χ0) is 19.6. The molecule has 0 spiro atoms. The summed E-state index contributed by atoms with van der Waals surface area (Å²) in [4.78, 5) is 4.51. The predicted molar refractivity (Wildman–Crippen MR) is 117 cm³/mol. The van der Waals surface area contributed by atoms with Crippen LogP contribution in [0.15, 0.2) is 41.7 Å². The van der Waals surface area contributed by atoms with Crippen LogP contribution in [0.1, 0.15) is 25.0 Å². The number of guanidine groups is 1. The number of aliphatic imine (C=N–C) groups is 1. The lowest BCUT2D eigenvalue weighted by Crippen LogP contribution is -2.40. The summed E-state index contributed by atoms with van der Waals surface area (Å²) in [5.41, 5.74) is 1.59. The molecule has 2 N–H and O–H groups in total. The fourth-order valence-electron chi connectivity index (χ4n) is 2.61. The average molecular weight is 507 g/mol. The van der Waals surface area contributed by atoms with E-state index in [-0.39, 0.29) is 36.3 Å². The Morgan fingerprint density at radius 2 is 2.11 bits per heavy atom. The van der Waals surface area contributed by atoms with Crippen molar-refractivity contribution in [1.82, 2.24) is 20.4 Å². The van der Waals surface area contributed by atoms with Crippen LogP contribution in [0.25, 0.3) is 0 Å². The van der Waals surface area contributed by atoms with E-state index in [0.29, 0.717) is 30.5 Å². The van der Waals surface area contributed by atoms with Crippen molar-refractivity contribution in [3.8, 4) is 5.75 Å². The van der Waals surface area contributed by atoms with Gasteiger partial charge in [-0.05, 0) is 31.9 Å². The molecule has 0 radical (unpaired) electrons. The molecule has 1 unspecified atom stereocenters. The van der Waals surface area contributed by atoms with Gasteiger partial charge in [-0.1, -0.05) is 24.6 Å². The van der Waals surface area contributed by atoms with Gasteiger partial charge >= 0.3 is 6.61 Å². The molecule has 1 aromatic carbocycles. The van der Waals surface area contributed by atoms with Gasteiger partial charge in [0.1, 0.15) is 5.75 Å². The second-order valence-electron chi connectivity index (χ2n) is 6.40. The Balaban J connectivity index is 0.00000392. The van der Waals surface area contributed by atoms with Crippen molar-refractivity contribution in [2.24, 2.45) is 10.9 Å². The summed E-state index contributed by atoms with van der Waals surface area (Å²) >= 11 is 0. The summed E-state index contributed by atoms with van der Waals surface area (Å²) in [6.45, 7) is 5.59. The summed E-state index contributed by atoms with van der Waals surface area (Å²) < 4.78 is 31.7. The van der Waals surface area contributed by atoms with Gasteiger partial charge in [-0.15, -0.1) is 24.0 Å². The van der Waals surface area contributed by atoms with Gasteiger partial charge in [0.25, 0.3) is 0 Å². The molecule has 0 fully saturated rings. The van der Waals surface area contributed by atoms with Crippen molar-refractivity contribution in [3.63, 3.8) is 0 Å². The van der Waals surface area contributed by atoms with Gasteiger partial charge in [-0.2, -0.15) is 13.9 Å². The number of aromatic nitrogens is 2. The monoisotopic (exact) mass is 507 g/mol. The lowest BCUT2D eigenvalue weighted by molar-refractivity contribution is -0.0504. The smallest absolute Gasteiger partial charge is 0.387 e. The molecule has 9 heteroatoms. The van der Waals surface area contributed by atoms with Crippen LogP contribution < -0.4 is 15.4 Å². The Labute approximate surface area is 181 Å². The molecule has 0 aliphatic rings. The maximum absolute atomic E-state index is 12.6. The zero-order valence-corrected chi connectivity index (χ0v) is 18.7. The molecular formula is C19H28F2IN5O. The molecule has 156 valence electrons. The second kappa shape index (κ2) is 12.5. The SMILES string of the molecule is CCNC(=NCc1cc(C)ccc1OC(F)F)NCC(C)Cn1cccn1.I. The Bertz CT molecular complexity index is 725. The first kappa shape index (κ1) is 24.1. The normalized spacial score (nSPS) is 12.4. The van der Waals surface area contributed by atoms with E-state index in [1.807, 2.05) is 36.9 Å². The number of halogens is 3. The summed E-state index contributed by atoms with van der Waals surface area (Å²) in [5, 5.41) is 10.7. The number of hydrogen-bond donors (Lipinski definition) is 2. The van der Waals surface area contributed by atoms with Crippen LogP contribution in [0.3, 0.4) is 0 Å². The number of alkyl halides is 2. The molecule has 2 aromatic rings. The Kier molecular flexibility index (Phi) is 10.8. The van der Waals surface area contributed by atoms with Crippen molar-refractivity contribution in [3.05, 3.63) is 47.8 Å². The van der Waals surface area contributed by atoms with Crippen molar-refractivity contribution in [2.75, 3.05) is 13.1 Å². The zero-order valence-electron chi connectivity index (χ0n) is 16.4. The molecule has 0 saturated carbocycles. The summed E-state index contributed by atoms with van der Waals surface area (Å²) in [5.74, 6) is 1.13. The molecule has 1 heterocycles. The second-order valence-corrected chi connectivity index (χ2v) is 6.40. The number of nitrogens with one attached hydrogen (secondary N) is 2. The van der Waals surface area contributed by atoms with E-state index >= 15 is 0 Å². The highest BCUT2D eigenvalue weighted by Gasteiger charge is 2.10. The van der Waals surface area contributed by atoms with Gasteiger partial charge in [-0.25, -0.2) is 4.99 Å². The summed E-state index contributed by atoms with van der Waals surface area (Å²) in [7, 11) is 0. The van der Waals surface area contributed by atoms with Gasteiger partial charge in [0, 0.05) is 37.6 Å². The molecule has 1 atom stereocenters. The maximum Gasteiger partial charge on any atom is 0.387 e. The van der Waals surface area contributed by atoms with Gasteiger partial charge in [0.05, 0.1) is 6.54 Å². The first-order valence-electron chi connectivity index (χ1n) is 9.02. The molecule has 0 aliphatic carbocycles. The number of nitrogens with zero attached hydrogens (tertiary/aromatic N) is 3. The minimum Gasteiger partial charge on any atom is -0.434 e. The Hall–Kier alpha value is -1.91. The van der Waals surface area contributed by atoms with E-state index in [1.165, 1.54) is 0 Å². The summed E-state index contributed by atoms with van der Waals surface area (Å²) in [6.07, 6.45) is 3.69. The van der Waals surface area contributed by atoms with Gasteiger partial charge in [0.2, 0.25) is 0 Å². The molecule has 2 rings (SSSR count). The van der Waals surface area contributed by atoms with Crippen LogP contribution in [-0.4, -0.2) is 35.4 Å². The first-order valence-corrected chi connectivity index (χ1v) is 9.02. The van der Waals surface area contributed by atoms with Crippen molar-refractivity contribution in [2.45, 2.75) is 40.5 Å². The molecule has 1 aromatic heterocycles. The fourth-order valence-corrected chi connectivity index (χ4v) is 2.61. The predicted octanol–water partition coefficient (Wildman–Crippen LogP) is 3.80. The van der Waals surface area contributed by atoms with E-state index in [4.69, 9.17) is 0 Å². The van der Waals surface area contributed by atoms with E-state index < -0.39 is 6.61 Å². The van der Waals surface area contributed by atoms with E-state index in [1.54, 1.807) is 18.3 Å². The van der Waals surface area contributed by atoms with Crippen LogP contribution in [0.4, 0.5) is 8.78 Å². The van der Waals surface area contributed by atoms with Crippen molar-refractivity contribution >= 4 is 29.9 Å². The van der Waals surface area contributed by atoms with E-state index in [9.17, 15) is 8.78 Å². The third-order valence-corrected chi connectivity index (χ3v) is 3.86. The molecule has 0 saturated heterocycles. The van der Waals surface area contributed by atoms with E-state index in [2.05, 4.69) is 32.4 Å². The average Bonchev–Trinajstić information content (AvgIpc) is 3.12. The first-order chi connectivity index (χ1) is 13.0. The fraction of sp³-hybridized carbons (Fsp3) is 0.474. The Morgan fingerprint density at radius 3 is 2.75 bits per heavy atom. The highest BCUT2D eigenvalue weighted by atomic mass is 127. The summed E-state index contributed by atoms with van der Waals surface area (Å²) in [6, 6.07) is 7.00. The largest absolute Gasteiger partial charge is 0.434 e. The third kappa shape index (κ3) is 8.41. The van der Waals surface area contributed by atoms with Gasteiger partial charge in [0.15, 0.2) is 5.96 Å². The minimum atomic E-state index is -2.86. The molecule has 28 heavy (non-hydrogen) atoms. The van der Waals surface area contributed by atoms with Crippen molar-refractivity contribution < 1.29 is 13.5 Å².